The van der Waals surface area contributed by atoms with E-state index in [9.17, 15) is 0 Å². The minimum atomic E-state index is 0.512. The third-order valence-corrected chi connectivity index (χ3v) is 5.74. The van der Waals surface area contributed by atoms with E-state index < -0.39 is 0 Å². The van der Waals surface area contributed by atoms with Crippen LogP contribution in [0.4, 0.5) is 0 Å². The molecule has 0 bridgehead atoms. The molecule has 0 heterocycles. The van der Waals surface area contributed by atoms with E-state index in [0.717, 1.165) is 17.9 Å². The van der Waals surface area contributed by atoms with E-state index in [1.807, 2.05) is 0 Å². The van der Waals surface area contributed by atoms with Crippen LogP contribution in [-0.2, 0) is 6.42 Å². The summed E-state index contributed by atoms with van der Waals surface area (Å²) in [5.74, 6) is 3.55. The van der Waals surface area contributed by atoms with E-state index in [2.05, 4.69) is 70.2 Å². The number of hydrogen-bond donors (Lipinski definition) is 0. The lowest BCUT2D eigenvalue weighted by Crippen LogP contribution is -2.25. The summed E-state index contributed by atoms with van der Waals surface area (Å²) in [6.45, 7) is 9.12. The summed E-state index contributed by atoms with van der Waals surface area (Å²) in [5, 5.41) is 0. The van der Waals surface area contributed by atoms with Gasteiger partial charge in [-0.1, -0.05) is 65.2 Å². The number of ether oxygens (including phenoxy) is 2. The van der Waals surface area contributed by atoms with Gasteiger partial charge < -0.3 is 9.47 Å². The first-order valence-corrected chi connectivity index (χ1v) is 10.4. The predicted octanol–water partition coefficient (Wildman–Crippen LogP) is 6.98. The molecule has 3 unspecified atom stereocenters. The number of fused-ring (bicyclic) bond motifs is 1. The topological polar surface area (TPSA) is 18.5 Å². The number of rotatable bonds is 5. The van der Waals surface area contributed by atoms with Crippen molar-refractivity contribution in [3.05, 3.63) is 59.2 Å². The van der Waals surface area contributed by atoms with E-state index >= 15 is 0 Å². The molecular formula is C25H36O2. The van der Waals surface area contributed by atoms with Crippen LogP contribution >= 0.6 is 0 Å². The molecule has 0 fully saturated rings. The molecule has 0 aromatic heterocycles. The van der Waals surface area contributed by atoms with Crippen LogP contribution in [0.1, 0.15) is 75.5 Å². The van der Waals surface area contributed by atoms with Crippen molar-refractivity contribution in [3.8, 4) is 11.5 Å². The highest BCUT2D eigenvalue weighted by Gasteiger charge is 2.32. The minimum absolute atomic E-state index is 0.512. The zero-order valence-corrected chi connectivity index (χ0v) is 17.9. The molecule has 2 nitrogen and oxygen atoms in total. The fraction of sp³-hybridized carbons (Fsp3) is 0.520. The molecule has 2 aromatic carbocycles. The summed E-state index contributed by atoms with van der Waals surface area (Å²) < 4.78 is 10.7. The molecule has 0 amide bonds. The first kappa shape index (κ1) is 21.3. The van der Waals surface area contributed by atoms with Crippen molar-refractivity contribution >= 4 is 0 Å². The standard InChI is InChI=1S/C20H24O2.C5H12/c1-13-11-16-12-18(22-4)9-10-19(16)14(2)20(13)15-5-7-17(21-3)8-6-15;1-3-5-4-2/h5-10,12-14,20H,11H2,1-4H3;3-5H2,1-2H3. The van der Waals surface area contributed by atoms with Crippen LogP contribution in [0.3, 0.4) is 0 Å². The molecule has 1 aliphatic carbocycles. The molecule has 0 radical (unpaired) electrons. The smallest absolute Gasteiger partial charge is 0.119 e. The molecule has 0 aliphatic heterocycles. The molecule has 3 atom stereocenters. The Bertz CT molecular complexity index is 688. The lowest BCUT2D eigenvalue weighted by molar-refractivity contribution is 0.372. The molecule has 0 saturated carbocycles. The number of unbranched alkanes of at least 4 members (excludes halogenated alkanes) is 2. The Hall–Kier alpha value is -1.96. The van der Waals surface area contributed by atoms with Crippen LogP contribution in [0.25, 0.3) is 0 Å². The molecule has 2 heteroatoms. The van der Waals surface area contributed by atoms with Crippen molar-refractivity contribution in [2.75, 3.05) is 14.2 Å². The molecule has 3 rings (SSSR count). The number of hydrogen-bond acceptors (Lipinski definition) is 2. The Morgan fingerprint density at radius 2 is 1.44 bits per heavy atom. The van der Waals surface area contributed by atoms with E-state index in [1.54, 1.807) is 14.2 Å². The van der Waals surface area contributed by atoms with Gasteiger partial charge in [0.25, 0.3) is 0 Å². The third-order valence-electron chi connectivity index (χ3n) is 5.74. The van der Waals surface area contributed by atoms with Crippen molar-refractivity contribution < 1.29 is 9.47 Å². The Kier molecular flexibility index (Phi) is 8.22. The normalized spacial score (nSPS) is 20.9. The highest BCUT2D eigenvalue weighted by atomic mass is 16.5. The second kappa shape index (κ2) is 10.4. The second-order valence-electron chi connectivity index (χ2n) is 7.69. The fourth-order valence-electron chi connectivity index (χ4n) is 4.29. The fourth-order valence-corrected chi connectivity index (χ4v) is 4.29. The summed E-state index contributed by atoms with van der Waals surface area (Å²) in [6.07, 6.45) is 5.18. The first-order chi connectivity index (χ1) is 13.0. The lowest BCUT2D eigenvalue weighted by atomic mass is 9.67. The van der Waals surface area contributed by atoms with Crippen molar-refractivity contribution in [2.24, 2.45) is 5.92 Å². The highest BCUT2D eigenvalue weighted by Crippen LogP contribution is 2.46. The van der Waals surface area contributed by atoms with Crippen molar-refractivity contribution in [1.82, 2.24) is 0 Å². The summed E-state index contributed by atoms with van der Waals surface area (Å²) >= 11 is 0. The van der Waals surface area contributed by atoms with E-state index in [-0.39, 0.29) is 0 Å². The van der Waals surface area contributed by atoms with E-state index in [0.29, 0.717) is 17.8 Å². The van der Waals surface area contributed by atoms with Crippen LogP contribution < -0.4 is 9.47 Å². The molecule has 0 saturated heterocycles. The van der Waals surface area contributed by atoms with Gasteiger partial charge in [0.2, 0.25) is 0 Å². The maximum absolute atomic E-state index is 5.37. The van der Waals surface area contributed by atoms with E-state index in [4.69, 9.17) is 9.47 Å². The van der Waals surface area contributed by atoms with Gasteiger partial charge in [-0.3, -0.25) is 0 Å². The Balaban J connectivity index is 0.000000465. The van der Waals surface area contributed by atoms with Gasteiger partial charge in [-0.15, -0.1) is 0 Å². The van der Waals surface area contributed by atoms with Gasteiger partial charge in [0, 0.05) is 0 Å². The van der Waals surface area contributed by atoms with Crippen LogP contribution in [-0.4, -0.2) is 14.2 Å². The molecule has 27 heavy (non-hydrogen) atoms. The van der Waals surface area contributed by atoms with Crippen LogP contribution in [0.2, 0.25) is 0 Å². The van der Waals surface area contributed by atoms with Gasteiger partial charge in [-0.2, -0.15) is 0 Å². The van der Waals surface area contributed by atoms with Crippen LogP contribution in [0.5, 0.6) is 11.5 Å². The minimum Gasteiger partial charge on any atom is -0.497 e. The van der Waals surface area contributed by atoms with Gasteiger partial charge in [-0.25, -0.2) is 0 Å². The summed E-state index contributed by atoms with van der Waals surface area (Å²) in [4.78, 5) is 0. The third kappa shape index (κ3) is 5.28. The molecular weight excluding hydrogens is 332 g/mol. The average Bonchev–Trinajstić information content (AvgIpc) is 2.69. The Morgan fingerprint density at radius 3 is 1.96 bits per heavy atom. The van der Waals surface area contributed by atoms with Crippen LogP contribution in [0, 0.1) is 5.92 Å². The monoisotopic (exact) mass is 368 g/mol. The molecule has 148 valence electrons. The van der Waals surface area contributed by atoms with Crippen LogP contribution in [0.15, 0.2) is 42.5 Å². The molecule has 2 aromatic rings. The number of methoxy groups -OCH3 is 2. The maximum Gasteiger partial charge on any atom is 0.119 e. The Morgan fingerprint density at radius 1 is 0.852 bits per heavy atom. The molecule has 0 N–H and O–H groups in total. The largest absolute Gasteiger partial charge is 0.497 e. The van der Waals surface area contributed by atoms with Crippen molar-refractivity contribution in [1.29, 1.82) is 0 Å². The van der Waals surface area contributed by atoms with Crippen molar-refractivity contribution in [2.45, 2.75) is 65.2 Å². The Labute approximate surface area is 165 Å². The predicted molar refractivity (Wildman–Crippen MR) is 115 cm³/mol. The summed E-state index contributed by atoms with van der Waals surface area (Å²) in [6, 6.07) is 15.1. The van der Waals surface area contributed by atoms with Gasteiger partial charge >= 0.3 is 0 Å². The SMILES string of the molecule is CCCCC.COc1ccc(C2C(C)Cc3cc(OC)ccc3C2C)cc1. The zero-order valence-electron chi connectivity index (χ0n) is 17.9. The van der Waals surface area contributed by atoms with Gasteiger partial charge in [-0.05, 0) is 65.1 Å². The second-order valence-corrected chi connectivity index (χ2v) is 7.69. The molecule has 0 spiro atoms. The van der Waals surface area contributed by atoms with Gasteiger partial charge in [0.1, 0.15) is 11.5 Å². The molecule has 1 aliphatic rings. The van der Waals surface area contributed by atoms with Crippen molar-refractivity contribution in [3.63, 3.8) is 0 Å². The first-order valence-electron chi connectivity index (χ1n) is 10.4. The average molecular weight is 369 g/mol. The van der Waals surface area contributed by atoms with E-state index in [1.165, 1.54) is 36.0 Å². The highest BCUT2D eigenvalue weighted by molar-refractivity contribution is 5.43. The maximum atomic E-state index is 5.37. The zero-order chi connectivity index (χ0) is 19.8. The van der Waals surface area contributed by atoms with Gasteiger partial charge in [0.05, 0.1) is 14.2 Å². The summed E-state index contributed by atoms with van der Waals surface area (Å²) in [5.41, 5.74) is 4.30. The lowest BCUT2D eigenvalue weighted by Gasteiger charge is -2.37. The van der Waals surface area contributed by atoms with Gasteiger partial charge in [0.15, 0.2) is 0 Å². The number of benzene rings is 2. The quantitative estimate of drug-likeness (QED) is 0.567. The summed E-state index contributed by atoms with van der Waals surface area (Å²) in [7, 11) is 3.45.